The van der Waals surface area contributed by atoms with Crippen LogP contribution in [0.25, 0.3) is 0 Å². The molecule has 7 heteroatoms. The van der Waals surface area contributed by atoms with Crippen molar-refractivity contribution in [3.8, 4) is 5.75 Å². The highest BCUT2D eigenvalue weighted by molar-refractivity contribution is 5.97. The number of piperidine rings is 1. The number of carbonyl (C=O) groups is 1. The monoisotopic (exact) mass is 414 g/mol. The molecule has 2 bridgehead atoms. The average Bonchev–Trinajstić information content (AvgIpc) is 3.47. The molecule has 1 aromatic carbocycles. The zero-order chi connectivity index (χ0) is 20.9. The molecule has 1 spiro atoms. The van der Waals surface area contributed by atoms with Crippen LogP contribution < -0.4 is 10.5 Å². The van der Waals surface area contributed by atoms with Crippen LogP contribution in [0.15, 0.2) is 12.1 Å². The molecule has 0 unspecified atom stereocenters. The van der Waals surface area contributed by atoms with Crippen molar-refractivity contribution < 1.29 is 24.1 Å². The zero-order valence-corrected chi connectivity index (χ0v) is 17.6. The molecule has 0 radical (unpaired) electrons. The first-order chi connectivity index (χ1) is 14.4. The van der Waals surface area contributed by atoms with Crippen molar-refractivity contribution in [1.82, 2.24) is 4.90 Å². The predicted octanol–water partition coefficient (Wildman–Crippen LogP) is 1.34. The second-order valence-electron chi connectivity index (χ2n) is 9.86. The van der Waals surface area contributed by atoms with Crippen molar-refractivity contribution in [1.29, 1.82) is 0 Å². The van der Waals surface area contributed by atoms with Crippen LogP contribution in [0.4, 0.5) is 0 Å². The maximum absolute atomic E-state index is 12.4. The molecule has 2 heterocycles. The Balaban J connectivity index is 1.58. The van der Waals surface area contributed by atoms with Crippen LogP contribution in [0.3, 0.4) is 0 Å². The van der Waals surface area contributed by atoms with Gasteiger partial charge in [-0.05, 0) is 56.2 Å². The summed E-state index contributed by atoms with van der Waals surface area (Å²) in [6.07, 6.45) is 4.66. The Morgan fingerprint density at radius 1 is 1.27 bits per heavy atom. The van der Waals surface area contributed by atoms with Gasteiger partial charge in [0, 0.05) is 38.8 Å². The van der Waals surface area contributed by atoms with E-state index in [1.807, 2.05) is 6.07 Å². The third-order valence-corrected chi connectivity index (χ3v) is 8.74. The Labute approximate surface area is 176 Å². The Morgan fingerprint density at radius 3 is 2.70 bits per heavy atom. The minimum absolute atomic E-state index is 0.0301. The molecule has 162 valence electrons. The summed E-state index contributed by atoms with van der Waals surface area (Å²) in [4.78, 5) is 14.7. The van der Waals surface area contributed by atoms with Gasteiger partial charge in [-0.1, -0.05) is 6.07 Å². The lowest BCUT2D eigenvalue weighted by atomic mass is 9.48. The second kappa shape index (κ2) is 5.97. The van der Waals surface area contributed by atoms with E-state index in [9.17, 15) is 9.90 Å². The van der Waals surface area contributed by atoms with Gasteiger partial charge in [-0.3, -0.25) is 9.69 Å². The SMILES string of the molecule is COC1(OC)CC[C@@]2(O)[C@H]3Cc4ccc(C(N)=O)c5c4[C@@]2(CCN3CC2CC2)[C@H]1O5. The molecular formula is C23H30N2O5. The van der Waals surface area contributed by atoms with Crippen molar-refractivity contribution >= 4 is 5.91 Å². The largest absolute Gasteiger partial charge is 0.483 e. The quantitative estimate of drug-likeness (QED) is 0.706. The van der Waals surface area contributed by atoms with Gasteiger partial charge in [-0.25, -0.2) is 0 Å². The number of methoxy groups -OCH3 is 2. The van der Waals surface area contributed by atoms with E-state index in [-0.39, 0.29) is 6.04 Å². The van der Waals surface area contributed by atoms with Gasteiger partial charge in [-0.2, -0.15) is 0 Å². The fourth-order valence-corrected chi connectivity index (χ4v) is 7.15. The van der Waals surface area contributed by atoms with Crippen LogP contribution in [0.5, 0.6) is 5.75 Å². The number of benzene rings is 1. The first-order valence-electron chi connectivity index (χ1n) is 11.1. The first kappa shape index (κ1) is 19.0. The number of hydrogen-bond donors (Lipinski definition) is 2. The molecule has 30 heavy (non-hydrogen) atoms. The van der Waals surface area contributed by atoms with Crippen LogP contribution in [0.1, 0.15) is 53.6 Å². The Bertz CT molecular complexity index is 926. The van der Waals surface area contributed by atoms with Gasteiger partial charge in [-0.15, -0.1) is 0 Å². The highest BCUT2D eigenvalue weighted by Gasteiger charge is 2.76. The maximum atomic E-state index is 12.4. The van der Waals surface area contributed by atoms with Crippen LogP contribution in [-0.2, 0) is 21.3 Å². The number of likely N-dealkylation sites (tertiary alicyclic amines) is 1. The minimum atomic E-state index is -0.974. The molecule has 1 saturated heterocycles. The summed E-state index contributed by atoms with van der Waals surface area (Å²) in [6, 6.07) is 3.81. The summed E-state index contributed by atoms with van der Waals surface area (Å²) in [5.41, 5.74) is 6.56. The number of ether oxygens (including phenoxy) is 3. The topological polar surface area (TPSA) is 94.2 Å². The molecule has 1 amide bonds. The molecule has 2 saturated carbocycles. The van der Waals surface area contributed by atoms with Crippen LogP contribution in [0, 0.1) is 5.92 Å². The molecular weight excluding hydrogens is 384 g/mol. The van der Waals surface area contributed by atoms with Crippen molar-refractivity contribution in [3.05, 3.63) is 28.8 Å². The normalized spacial score (nSPS) is 38.1. The van der Waals surface area contributed by atoms with Crippen molar-refractivity contribution in [3.63, 3.8) is 0 Å². The number of aliphatic hydroxyl groups is 1. The summed E-state index contributed by atoms with van der Waals surface area (Å²) in [5, 5.41) is 12.4. The van der Waals surface area contributed by atoms with E-state index in [1.54, 1.807) is 20.3 Å². The van der Waals surface area contributed by atoms with Gasteiger partial charge in [0.15, 0.2) is 6.10 Å². The van der Waals surface area contributed by atoms with E-state index < -0.39 is 28.8 Å². The number of carbonyl (C=O) groups excluding carboxylic acids is 1. The van der Waals surface area contributed by atoms with Gasteiger partial charge >= 0.3 is 0 Å². The van der Waals surface area contributed by atoms with E-state index in [2.05, 4.69) is 4.90 Å². The second-order valence-corrected chi connectivity index (χ2v) is 9.86. The van der Waals surface area contributed by atoms with Crippen LogP contribution in [-0.4, -0.2) is 66.8 Å². The number of hydrogen-bond acceptors (Lipinski definition) is 6. The van der Waals surface area contributed by atoms with Gasteiger partial charge in [0.2, 0.25) is 5.79 Å². The Hall–Kier alpha value is -1.67. The fraction of sp³-hybridized carbons (Fsp3) is 0.696. The lowest BCUT2D eigenvalue weighted by Gasteiger charge is -2.65. The minimum Gasteiger partial charge on any atom is -0.483 e. The van der Waals surface area contributed by atoms with E-state index in [1.165, 1.54) is 12.8 Å². The molecule has 6 rings (SSSR count). The molecule has 1 aromatic rings. The van der Waals surface area contributed by atoms with Crippen molar-refractivity contribution in [2.75, 3.05) is 27.3 Å². The first-order valence-corrected chi connectivity index (χ1v) is 11.1. The number of nitrogens with zero attached hydrogens (tertiary/aromatic N) is 1. The Morgan fingerprint density at radius 2 is 2.03 bits per heavy atom. The van der Waals surface area contributed by atoms with Crippen molar-refractivity contribution in [2.45, 2.75) is 67.5 Å². The van der Waals surface area contributed by atoms with Gasteiger partial charge in [0.1, 0.15) is 5.75 Å². The summed E-state index contributed by atoms with van der Waals surface area (Å²) < 4.78 is 18.4. The Kier molecular flexibility index (Phi) is 3.79. The molecule has 7 nitrogen and oxygen atoms in total. The van der Waals surface area contributed by atoms with E-state index >= 15 is 0 Å². The smallest absolute Gasteiger partial charge is 0.252 e. The van der Waals surface area contributed by atoms with Gasteiger partial charge < -0.3 is 25.1 Å². The predicted molar refractivity (Wildman–Crippen MR) is 108 cm³/mol. The molecule has 3 aliphatic carbocycles. The van der Waals surface area contributed by atoms with Gasteiger partial charge in [0.25, 0.3) is 5.91 Å². The standard InChI is InChI=1S/C23H30N2O5/c1-28-23(29-2)8-7-22(27)16-11-14-5-6-15(19(24)26)18-17(14)21(22,20(23)30-18)9-10-25(16)12-13-3-4-13/h5-6,13,16,20,27H,3-4,7-12H2,1-2H3,(H2,24,26)/t16-,20-,21+,22-/m1/s1. The molecule has 4 atom stereocenters. The third kappa shape index (κ3) is 2.07. The van der Waals surface area contributed by atoms with Crippen molar-refractivity contribution in [2.24, 2.45) is 11.7 Å². The van der Waals surface area contributed by atoms with E-state index in [0.29, 0.717) is 24.2 Å². The molecule has 3 fully saturated rings. The lowest BCUT2D eigenvalue weighted by molar-refractivity contribution is -0.319. The van der Waals surface area contributed by atoms with Crippen LogP contribution >= 0.6 is 0 Å². The molecule has 0 aromatic heterocycles. The molecule has 3 N–H and O–H groups in total. The average molecular weight is 415 g/mol. The highest BCUT2D eigenvalue weighted by Crippen LogP contribution is 2.66. The van der Waals surface area contributed by atoms with E-state index in [4.69, 9.17) is 19.9 Å². The zero-order valence-electron chi connectivity index (χ0n) is 17.6. The number of nitrogens with two attached hydrogens (primary N) is 1. The summed E-state index contributed by atoms with van der Waals surface area (Å²) in [7, 11) is 3.27. The third-order valence-electron chi connectivity index (χ3n) is 8.74. The summed E-state index contributed by atoms with van der Waals surface area (Å²) >= 11 is 0. The van der Waals surface area contributed by atoms with Gasteiger partial charge in [0.05, 0.1) is 16.6 Å². The maximum Gasteiger partial charge on any atom is 0.252 e. The summed E-state index contributed by atoms with van der Waals surface area (Å²) in [5.74, 6) is -0.205. The van der Waals surface area contributed by atoms with Crippen LogP contribution in [0.2, 0.25) is 0 Å². The summed E-state index contributed by atoms with van der Waals surface area (Å²) in [6.45, 7) is 1.95. The fourth-order valence-electron chi connectivity index (χ4n) is 7.15. The number of amides is 1. The van der Waals surface area contributed by atoms with E-state index in [0.717, 1.165) is 43.0 Å². The highest BCUT2D eigenvalue weighted by atomic mass is 16.7. The molecule has 2 aliphatic heterocycles. The lowest BCUT2D eigenvalue weighted by Crippen LogP contribution is -2.79. The number of primary amides is 1. The molecule has 5 aliphatic rings. The number of rotatable bonds is 5.